The van der Waals surface area contributed by atoms with Gasteiger partial charge in [0.15, 0.2) is 0 Å². The smallest absolute Gasteiger partial charge is 0.143 e. The van der Waals surface area contributed by atoms with E-state index in [2.05, 4.69) is 9.55 Å². The Balaban J connectivity index is 2.01. The second-order valence-electron chi connectivity index (χ2n) is 4.74. The molecule has 0 bridgehead atoms. The van der Waals surface area contributed by atoms with Crippen LogP contribution < -0.4 is 10.5 Å². The summed E-state index contributed by atoms with van der Waals surface area (Å²) in [7, 11) is 1.64. The molecule has 0 aliphatic heterocycles. The molecule has 1 aliphatic rings. The zero-order valence-electron chi connectivity index (χ0n) is 10.5. The maximum atomic E-state index is 5.84. The number of benzene rings is 1. The molecule has 1 aromatic heterocycles. The van der Waals surface area contributed by atoms with Crippen LogP contribution in [0.1, 0.15) is 30.9 Å². The van der Waals surface area contributed by atoms with E-state index in [1.165, 1.54) is 25.0 Å². The van der Waals surface area contributed by atoms with Crippen LogP contribution in [-0.2, 0) is 0 Å². The molecule has 0 unspecified atom stereocenters. The molecule has 0 radical (unpaired) electrons. The number of hydrogen-bond donors (Lipinski definition) is 1. The Kier molecular flexibility index (Phi) is 2.70. The standard InChI is InChI=1S/C14H17N3O/c1-18-14-7-11(5-6-12(14)15)17-9-16-8-13(17)10-3-2-4-10/h5-10H,2-4,15H2,1H3. The monoisotopic (exact) mass is 243 g/mol. The molecule has 4 heteroatoms. The third-order valence-corrected chi connectivity index (χ3v) is 3.69. The number of nitrogens with zero attached hydrogens (tertiary/aromatic N) is 2. The molecule has 0 saturated heterocycles. The summed E-state index contributed by atoms with van der Waals surface area (Å²) in [6.07, 6.45) is 7.67. The fraction of sp³-hybridized carbons (Fsp3) is 0.357. The zero-order valence-corrected chi connectivity index (χ0v) is 10.5. The predicted octanol–water partition coefficient (Wildman–Crippen LogP) is 2.73. The topological polar surface area (TPSA) is 53.1 Å². The van der Waals surface area contributed by atoms with Gasteiger partial charge in [0.05, 0.1) is 24.8 Å². The molecule has 4 nitrogen and oxygen atoms in total. The third kappa shape index (κ3) is 1.74. The molecule has 2 N–H and O–H groups in total. The van der Waals surface area contributed by atoms with Gasteiger partial charge in [0.2, 0.25) is 0 Å². The molecule has 2 aromatic rings. The Morgan fingerprint density at radius 1 is 1.39 bits per heavy atom. The number of rotatable bonds is 3. The fourth-order valence-electron chi connectivity index (χ4n) is 2.38. The van der Waals surface area contributed by atoms with E-state index in [1.54, 1.807) is 7.11 Å². The average molecular weight is 243 g/mol. The maximum Gasteiger partial charge on any atom is 0.143 e. The van der Waals surface area contributed by atoms with Crippen molar-refractivity contribution in [1.82, 2.24) is 9.55 Å². The number of anilines is 1. The Bertz CT molecular complexity index is 558. The van der Waals surface area contributed by atoms with Crippen molar-refractivity contribution in [2.75, 3.05) is 12.8 Å². The summed E-state index contributed by atoms with van der Waals surface area (Å²) < 4.78 is 7.40. The van der Waals surface area contributed by atoms with Crippen molar-refractivity contribution in [3.63, 3.8) is 0 Å². The SMILES string of the molecule is COc1cc(-n2cncc2C2CCC2)ccc1N. The van der Waals surface area contributed by atoms with Gasteiger partial charge >= 0.3 is 0 Å². The van der Waals surface area contributed by atoms with Crippen LogP contribution in [0, 0.1) is 0 Å². The molecule has 0 amide bonds. The highest BCUT2D eigenvalue weighted by molar-refractivity contribution is 5.57. The summed E-state index contributed by atoms with van der Waals surface area (Å²) in [5.74, 6) is 1.36. The van der Waals surface area contributed by atoms with E-state index in [9.17, 15) is 0 Å². The summed E-state index contributed by atoms with van der Waals surface area (Å²) in [5.41, 5.74) is 8.84. The lowest BCUT2D eigenvalue weighted by molar-refractivity contribution is 0.406. The van der Waals surface area contributed by atoms with E-state index in [0.717, 1.165) is 5.69 Å². The van der Waals surface area contributed by atoms with Crippen LogP contribution in [0.3, 0.4) is 0 Å². The number of nitrogen functional groups attached to an aromatic ring is 1. The number of methoxy groups -OCH3 is 1. The molecule has 3 rings (SSSR count). The van der Waals surface area contributed by atoms with Gasteiger partial charge in [-0.25, -0.2) is 4.98 Å². The van der Waals surface area contributed by atoms with E-state index in [0.29, 0.717) is 17.4 Å². The molecule has 1 aliphatic carbocycles. The number of aromatic nitrogens is 2. The summed E-state index contributed by atoms with van der Waals surface area (Å²) >= 11 is 0. The van der Waals surface area contributed by atoms with Crippen molar-refractivity contribution in [3.8, 4) is 11.4 Å². The highest BCUT2D eigenvalue weighted by Gasteiger charge is 2.23. The maximum absolute atomic E-state index is 5.84. The largest absolute Gasteiger partial charge is 0.495 e. The van der Waals surface area contributed by atoms with Crippen LogP contribution in [0.25, 0.3) is 5.69 Å². The van der Waals surface area contributed by atoms with E-state index in [4.69, 9.17) is 10.5 Å². The molecule has 0 spiro atoms. The van der Waals surface area contributed by atoms with Gasteiger partial charge in [-0.15, -0.1) is 0 Å². The van der Waals surface area contributed by atoms with Crippen molar-refractivity contribution in [2.24, 2.45) is 0 Å². The average Bonchev–Trinajstić information content (AvgIpc) is 2.76. The van der Waals surface area contributed by atoms with E-state index >= 15 is 0 Å². The molecule has 1 saturated carbocycles. The van der Waals surface area contributed by atoms with Gasteiger partial charge in [0.1, 0.15) is 5.75 Å². The molecular weight excluding hydrogens is 226 g/mol. The molecular formula is C14H17N3O. The van der Waals surface area contributed by atoms with Gasteiger partial charge < -0.3 is 15.0 Å². The number of nitrogens with two attached hydrogens (primary N) is 1. The van der Waals surface area contributed by atoms with Gasteiger partial charge in [0.25, 0.3) is 0 Å². The summed E-state index contributed by atoms with van der Waals surface area (Å²) in [6, 6.07) is 5.83. The van der Waals surface area contributed by atoms with Crippen LogP contribution in [0.5, 0.6) is 5.75 Å². The predicted molar refractivity (Wildman–Crippen MR) is 71.1 cm³/mol. The van der Waals surface area contributed by atoms with Gasteiger partial charge in [-0.2, -0.15) is 0 Å². The highest BCUT2D eigenvalue weighted by atomic mass is 16.5. The summed E-state index contributed by atoms with van der Waals surface area (Å²) in [6.45, 7) is 0. The van der Waals surface area contributed by atoms with Crippen molar-refractivity contribution < 1.29 is 4.74 Å². The molecule has 1 heterocycles. The minimum Gasteiger partial charge on any atom is -0.495 e. The Hall–Kier alpha value is -1.97. The Morgan fingerprint density at radius 2 is 2.22 bits per heavy atom. The lowest BCUT2D eigenvalue weighted by Gasteiger charge is -2.26. The van der Waals surface area contributed by atoms with Crippen molar-refractivity contribution in [3.05, 3.63) is 36.4 Å². The molecule has 18 heavy (non-hydrogen) atoms. The first-order valence-corrected chi connectivity index (χ1v) is 6.25. The molecule has 94 valence electrons. The summed E-state index contributed by atoms with van der Waals surface area (Å²) in [5, 5.41) is 0. The zero-order chi connectivity index (χ0) is 12.5. The van der Waals surface area contributed by atoms with Crippen LogP contribution >= 0.6 is 0 Å². The lowest BCUT2D eigenvalue weighted by Crippen LogP contribution is -2.13. The number of hydrogen-bond acceptors (Lipinski definition) is 3. The Morgan fingerprint density at radius 3 is 2.89 bits per heavy atom. The Labute approximate surface area is 106 Å². The first kappa shape index (κ1) is 11.1. The summed E-state index contributed by atoms with van der Waals surface area (Å²) in [4.78, 5) is 4.27. The molecule has 1 aromatic carbocycles. The first-order chi connectivity index (χ1) is 8.79. The normalized spacial score (nSPS) is 15.4. The molecule has 0 atom stereocenters. The minimum atomic E-state index is 0.649. The minimum absolute atomic E-state index is 0.649. The van der Waals surface area contributed by atoms with Crippen molar-refractivity contribution in [2.45, 2.75) is 25.2 Å². The second-order valence-corrected chi connectivity index (χ2v) is 4.74. The van der Waals surface area contributed by atoms with Gasteiger partial charge in [-0.3, -0.25) is 0 Å². The first-order valence-electron chi connectivity index (χ1n) is 6.25. The van der Waals surface area contributed by atoms with E-state index in [1.807, 2.05) is 30.7 Å². The quantitative estimate of drug-likeness (QED) is 0.843. The number of ether oxygens (including phenoxy) is 1. The van der Waals surface area contributed by atoms with Crippen molar-refractivity contribution in [1.29, 1.82) is 0 Å². The molecule has 1 fully saturated rings. The van der Waals surface area contributed by atoms with Crippen LogP contribution in [-0.4, -0.2) is 16.7 Å². The van der Waals surface area contributed by atoms with E-state index < -0.39 is 0 Å². The van der Waals surface area contributed by atoms with Crippen LogP contribution in [0.2, 0.25) is 0 Å². The van der Waals surface area contributed by atoms with Crippen LogP contribution in [0.15, 0.2) is 30.7 Å². The number of imidazole rings is 1. The van der Waals surface area contributed by atoms with Gasteiger partial charge in [0, 0.05) is 23.9 Å². The van der Waals surface area contributed by atoms with E-state index in [-0.39, 0.29) is 0 Å². The second kappa shape index (κ2) is 4.37. The third-order valence-electron chi connectivity index (χ3n) is 3.69. The van der Waals surface area contributed by atoms with Crippen molar-refractivity contribution >= 4 is 5.69 Å². The van der Waals surface area contributed by atoms with Gasteiger partial charge in [-0.05, 0) is 25.0 Å². The lowest BCUT2D eigenvalue weighted by atomic mass is 9.83. The van der Waals surface area contributed by atoms with Crippen LogP contribution in [0.4, 0.5) is 5.69 Å². The fourth-order valence-corrected chi connectivity index (χ4v) is 2.38. The highest BCUT2D eigenvalue weighted by Crippen LogP contribution is 2.37. The van der Waals surface area contributed by atoms with Gasteiger partial charge in [-0.1, -0.05) is 6.42 Å².